The average Bonchev–Trinajstić information content (AvgIpc) is 2.26. The van der Waals surface area contributed by atoms with Crippen LogP contribution in [0.25, 0.3) is 0 Å². The fourth-order valence-corrected chi connectivity index (χ4v) is 1.98. The molecular weight excluding hydrogens is 169 g/mol. The Balaban J connectivity index is 2.40. The second kappa shape index (κ2) is 3.93. The van der Waals surface area contributed by atoms with Crippen molar-refractivity contribution in [3.05, 3.63) is 0 Å². The summed E-state index contributed by atoms with van der Waals surface area (Å²) in [6, 6.07) is 0. The van der Waals surface area contributed by atoms with Gasteiger partial charge in [0.25, 0.3) is 0 Å². The number of nitrogens with zero attached hydrogens (tertiary/aromatic N) is 1. The van der Waals surface area contributed by atoms with Gasteiger partial charge in [-0.2, -0.15) is 0 Å². The zero-order chi connectivity index (χ0) is 10.1. The van der Waals surface area contributed by atoms with E-state index in [9.17, 15) is 9.50 Å². The van der Waals surface area contributed by atoms with Gasteiger partial charge in [0.15, 0.2) is 0 Å². The summed E-state index contributed by atoms with van der Waals surface area (Å²) in [5.41, 5.74) is -0.706. The molecule has 2 nitrogen and oxygen atoms in total. The van der Waals surface area contributed by atoms with Crippen LogP contribution in [0.4, 0.5) is 4.39 Å². The molecule has 78 valence electrons. The molecule has 0 radical (unpaired) electrons. The van der Waals surface area contributed by atoms with E-state index in [1.165, 1.54) is 0 Å². The number of rotatable bonds is 3. The van der Waals surface area contributed by atoms with E-state index < -0.39 is 11.8 Å². The molecule has 3 heteroatoms. The maximum Gasteiger partial charge on any atom is 0.117 e. The molecule has 0 spiro atoms. The predicted molar refractivity (Wildman–Crippen MR) is 51.4 cm³/mol. The van der Waals surface area contributed by atoms with Crippen LogP contribution >= 0.6 is 0 Å². The van der Waals surface area contributed by atoms with Crippen LogP contribution in [0.15, 0.2) is 0 Å². The lowest BCUT2D eigenvalue weighted by atomic mass is 10.1. The third-order valence-electron chi connectivity index (χ3n) is 2.57. The Morgan fingerprint density at radius 1 is 1.46 bits per heavy atom. The van der Waals surface area contributed by atoms with Crippen LogP contribution in [0.2, 0.25) is 0 Å². The first-order valence-electron chi connectivity index (χ1n) is 5.01. The molecule has 0 saturated carbocycles. The first-order chi connectivity index (χ1) is 5.92. The van der Waals surface area contributed by atoms with Gasteiger partial charge in [-0.15, -0.1) is 0 Å². The summed E-state index contributed by atoms with van der Waals surface area (Å²) in [7, 11) is 0. The normalized spacial score (nSPS) is 31.2. The first kappa shape index (κ1) is 10.9. The predicted octanol–water partition coefficient (Wildman–Crippen LogP) is 1.44. The van der Waals surface area contributed by atoms with E-state index in [2.05, 4.69) is 0 Å². The first-order valence-corrected chi connectivity index (χ1v) is 5.01. The Hall–Kier alpha value is -0.150. The fourth-order valence-electron chi connectivity index (χ4n) is 1.98. The summed E-state index contributed by atoms with van der Waals surface area (Å²) >= 11 is 0. The fraction of sp³-hybridized carbons (Fsp3) is 1.00. The maximum atomic E-state index is 13.3. The van der Waals surface area contributed by atoms with Gasteiger partial charge >= 0.3 is 0 Å². The van der Waals surface area contributed by atoms with Gasteiger partial charge < -0.3 is 5.11 Å². The third kappa shape index (κ3) is 3.24. The molecule has 1 aliphatic rings. The van der Waals surface area contributed by atoms with E-state index in [0.717, 1.165) is 13.0 Å². The van der Waals surface area contributed by atoms with Gasteiger partial charge in [0.05, 0.1) is 5.60 Å². The highest BCUT2D eigenvalue weighted by Gasteiger charge is 2.33. The Morgan fingerprint density at radius 2 is 2.08 bits per heavy atom. The van der Waals surface area contributed by atoms with E-state index in [-0.39, 0.29) is 5.92 Å². The smallest absolute Gasteiger partial charge is 0.117 e. The number of hydrogen-bond acceptors (Lipinski definition) is 2. The second-order valence-corrected chi connectivity index (χ2v) is 4.69. The number of likely N-dealkylation sites (tertiary alicyclic amines) is 1. The molecule has 13 heavy (non-hydrogen) atoms. The third-order valence-corrected chi connectivity index (χ3v) is 2.57. The van der Waals surface area contributed by atoms with Gasteiger partial charge in [0, 0.05) is 25.6 Å². The zero-order valence-corrected chi connectivity index (χ0v) is 8.76. The van der Waals surface area contributed by atoms with Crippen molar-refractivity contribution in [2.24, 2.45) is 5.92 Å². The van der Waals surface area contributed by atoms with Gasteiger partial charge in [-0.3, -0.25) is 4.90 Å². The Labute approximate surface area is 79.7 Å². The van der Waals surface area contributed by atoms with Gasteiger partial charge in [-0.05, 0) is 20.3 Å². The molecule has 0 unspecified atom stereocenters. The summed E-state index contributed by atoms with van der Waals surface area (Å²) in [5, 5.41) is 9.56. The van der Waals surface area contributed by atoms with Gasteiger partial charge in [-0.25, -0.2) is 4.39 Å². The van der Waals surface area contributed by atoms with Crippen molar-refractivity contribution in [3.8, 4) is 0 Å². The van der Waals surface area contributed by atoms with E-state index in [1.807, 2.05) is 11.8 Å². The molecule has 1 N–H and O–H groups in total. The van der Waals surface area contributed by atoms with Crippen LogP contribution in [0, 0.1) is 5.92 Å². The number of β-amino-alcohol motifs (C(OH)–C–C–N with tert-alkyl or cyclic N) is 1. The second-order valence-electron chi connectivity index (χ2n) is 4.69. The number of alkyl halides is 1. The molecule has 1 heterocycles. The van der Waals surface area contributed by atoms with E-state index in [0.29, 0.717) is 13.1 Å². The molecule has 0 aromatic heterocycles. The standard InChI is InChI=1S/C10H20FNO/c1-4-8-5-12(6-9(8)11)7-10(2,3)13/h8-9,13H,4-7H2,1-3H3/t8-,9+/m1/s1. The topological polar surface area (TPSA) is 23.5 Å². The largest absolute Gasteiger partial charge is 0.389 e. The Kier molecular flexibility index (Phi) is 3.30. The highest BCUT2D eigenvalue weighted by molar-refractivity contribution is 4.86. The molecule has 0 aromatic rings. The maximum absolute atomic E-state index is 13.3. The van der Waals surface area contributed by atoms with Crippen molar-refractivity contribution >= 4 is 0 Å². The summed E-state index contributed by atoms with van der Waals surface area (Å²) in [4.78, 5) is 2.01. The van der Waals surface area contributed by atoms with Crippen molar-refractivity contribution in [1.29, 1.82) is 0 Å². The van der Waals surface area contributed by atoms with Gasteiger partial charge in [0.2, 0.25) is 0 Å². The van der Waals surface area contributed by atoms with Gasteiger partial charge in [0.1, 0.15) is 6.17 Å². The molecule has 0 amide bonds. The summed E-state index contributed by atoms with van der Waals surface area (Å²) in [6.07, 6.45) is 0.191. The minimum atomic E-state index is -0.706. The minimum Gasteiger partial charge on any atom is -0.389 e. The van der Waals surface area contributed by atoms with Crippen LogP contribution in [0.3, 0.4) is 0 Å². The van der Waals surface area contributed by atoms with Gasteiger partial charge in [-0.1, -0.05) is 6.92 Å². The van der Waals surface area contributed by atoms with Crippen molar-refractivity contribution < 1.29 is 9.50 Å². The molecule has 0 aliphatic carbocycles. The van der Waals surface area contributed by atoms with E-state index in [4.69, 9.17) is 0 Å². The van der Waals surface area contributed by atoms with Crippen LogP contribution in [-0.2, 0) is 0 Å². The molecule has 1 rings (SSSR count). The van der Waals surface area contributed by atoms with Crippen LogP contribution in [-0.4, -0.2) is 41.4 Å². The average molecular weight is 189 g/mol. The zero-order valence-electron chi connectivity index (χ0n) is 8.76. The molecule has 1 saturated heterocycles. The van der Waals surface area contributed by atoms with E-state index in [1.54, 1.807) is 13.8 Å². The monoisotopic (exact) mass is 189 g/mol. The highest BCUT2D eigenvalue weighted by Crippen LogP contribution is 2.23. The quantitative estimate of drug-likeness (QED) is 0.726. The lowest BCUT2D eigenvalue weighted by molar-refractivity contribution is 0.0417. The Bertz CT molecular complexity index is 167. The number of aliphatic hydroxyl groups is 1. The summed E-state index contributed by atoms with van der Waals surface area (Å²) in [5.74, 6) is 0.169. The lowest BCUT2D eigenvalue weighted by Gasteiger charge is -2.24. The van der Waals surface area contributed by atoms with Crippen LogP contribution in [0.1, 0.15) is 27.2 Å². The summed E-state index contributed by atoms with van der Waals surface area (Å²) in [6.45, 7) is 7.40. The number of halogens is 1. The van der Waals surface area contributed by atoms with E-state index >= 15 is 0 Å². The SMILES string of the molecule is CC[C@@H]1CN(CC(C)(C)O)C[C@@H]1F. The molecular formula is C10H20FNO. The lowest BCUT2D eigenvalue weighted by Crippen LogP contribution is -2.37. The van der Waals surface area contributed by atoms with Crippen molar-refractivity contribution in [1.82, 2.24) is 4.90 Å². The van der Waals surface area contributed by atoms with Crippen molar-refractivity contribution in [2.75, 3.05) is 19.6 Å². The Morgan fingerprint density at radius 3 is 2.46 bits per heavy atom. The molecule has 2 atom stereocenters. The van der Waals surface area contributed by atoms with Crippen molar-refractivity contribution in [2.45, 2.75) is 39.0 Å². The van der Waals surface area contributed by atoms with Crippen LogP contribution in [0.5, 0.6) is 0 Å². The summed E-state index contributed by atoms with van der Waals surface area (Å²) < 4.78 is 13.3. The highest BCUT2D eigenvalue weighted by atomic mass is 19.1. The molecule has 0 aromatic carbocycles. The number of hydrogen-bond donors (Lipinski definition) is 1. The van der Waals surface area contributed by atoms with Crippen molar-refractivity contribution in [3.63, 3.8) is 0 Å². The minimum absolute atomic E-state index is 0.169. The molecule has 1 aliphatic heterocycles. The molecule has 1 fully saturated rings. The molecule has 0 bridgehead atoms. The van der Waals surface area contributed by atoms with Crippen LogP contribution < -0.4 is 0 Å².